The molecule has 8 heteroatoms. The zero-order valence-electron chi connectivity index (χ0n) is 16.0. The van der Waals surface area contributed by atoms with Crippen molar-refractivity contribution in [2.24, 2.45) is 5.92 Å². The molecule has 2 aliphatic rings. The van der Waals surface area contributed by atoms with Crippen molar-refractivity contribution in [1.29, 1.82) is 0 Å². The van der Waals surface area contributed by atoms with E-state index in [9.17, 15) is 14.4 Å². The van der Waals surface area contributed by atoms with Crippen LogP contribution in [0.5, 0.6) is 0 Å². The van der Waals surface area contributed by atoms with Gasteiger partial charge in [-0.05, 0) is 51.4 Å². The molecule has 1 atom stereocenters. The van der Waals surface area contributed by atoms with E-state index in [1.165, 1.54) is 6.20 Å². The molecule has 1 aliphatic heterocycles. The van der Waals surface area contributed by atoms with Crippen LogP contribution in [0.15, 0.2) is 11.0 Å². The molecule has 1 aromatic rings. The maximum atomic E-state index is 12.6. The van der Waals surface area contributed by atoms with E-state index in [-0.39, 0.29) is 29.5 Å². The normalized spacial score (nSPS) is 25.3. The van der Waals surface area contributed by atoms with Gasteiger partial charge in [-0.15, -0.1) is 0 Å². The molecule has 8 nitrogen and oxygen atoms in total. The zero-order valence-corrected chi connectivity index (χ0v) is 16.0. The lowest BCUT2D eigenvalue weighted by molar-refractivity contribution is -0.135. The molecule has 1 aliphatic carbocycles. The minimum absolute atomic E-state index is 0.0398. The SMILES string of the molecule is CN(CCCC1CCCO1)C(=O)C1CCC(NC(=O)c2c[nH]c(=O)[nH]2)CC1. The van der Waals surface area contributed by atoms with Gasteiger partial charge in [0.05, 0.1) is 6.10 Å². The number of nitrogens with zero attached hydrogens (tertiary/aromatic N) is 1. The Hall–Kier alpha value is -2.09. The van der Waals surface area contributed by atoms with Crippen LogP contribution in [0, 0.1) is 5.92 Å². The lowest BCUT2D eigenvalue weighted by atomic mass is 9.85. The van der Waals surface area contributed by atoms with Crippen LogP contribution < -0.4 is 11.0 Å². The fourth-order valence-corrected chi connectivity index (χ4v) is 4.05. The molecular formula is C19H30N4O4. The number of H-pyrrole nitrogens is 2. The van der Waals surface area contributed by atoms with Crippen molar-refractivity contribution < 1.29 is 14.3 Å². The summed E-state index contributed by atoms with van der Waals surface area (Å²) < 4.78 is 5.63. The van der Waals surface area contributed by atoms with Gasteiger partial charge in [-0.1, -0.05) is 0 Å². The van der Waals surface area contributed by atoms with Gasteiger partial charge in [0.15, 0.2) is 0 Å². The average Bonchev–Trinajstić information content (AvgIpc) is 3.33. The van der Waals surface area contributed by atoms with Crippen LogP contribution in [0.3, 0.4) is 0 Å². The monoisotopic (exact) mass is 378 g/mol. The van der Waals surface area contributed by atoms with Crippen LogP contribution in [0.2, 0.25) is 0 Å². The highest BCUT2D eigenvalue weighted by Gasteiger charge is 2.29. The third-order valence-electron chi connectivity index (χ3n) is 5.67. The van der Waals surface area contributed by atoms with Crippen molar-refractivity contribution in [3.05, 3.63) is 22.4 Å². The summed E-state index contributed by atoms with van der Waals surface area (Å²) in [4.78, 5) is 42.5. The number of aromatic nitrogens is 2. The lowest BCUT2D eigenvalue weighted by Gasteiger charge is -2.31. The smallest absolute Gasteiger partial charge is 0.323 e. The fraction of sp³-hybridized carbons (Fsp3) is 0.737. The number of nitrogens with one attached hydrogen (secondary N) is 3. The summed E-state index contributed by atoms with van der Waals surface area (Å²) in [5, 5.41) is 2.93. The van der Waals surface area contributed by atoms with Gasteiger partial charge < -0.3 is 24.9 Å². The molecule has 2 heterocycles. The molecule has 3 rings (SSSR count). The topological polar surface area (TPSA) is 107 Å². The van der Waals surface area contributed by atoms with Crippen molar-refractivity contribution in [3.8, 4) is 0 Å². The van der Waals surface area contributed by atoms with Gasteiger partial charge in [-0.2, -0.15) is 0 Å². The van der Waals surface area contributed by atoms with Gasteiger partial charge >= 0.3 is 5.69 Å². The van der Waals surface area contributed by atoms with Crippen LogP contribution in [-0.2, 0) is 9.53 Å². The molecule has 2 amide bonds. The molecular weight excluding hydrogens is 348 g/mol. The van der Waals surface area contributed by atoms with E-state index in [1.807, 2.05) is 11.9 Å². The third-order valence-corrected chi connectivity index (χ3v) is 5.67. The number of carbonyl (C=O) groups is 2. The number of imidazole rings is 1. The Kier molecular flexibility index (Phi) is 6.71. The minimum atomic E-state index is -0.392. The van der Waals surface area contributed by atoms with E-state index in [4.69, 9.17) is 4.74 Å². The summed E-state index contributed by atoms with van der Waals surface area (Å²) in [6.07, 6.45) is 9.17. The molecule has 0 aromatic carbocycles. The maximum Gasteiger partial charge on any atom is 0.323 e. The van der Waals surface area contributed by atoms with Gasteiger partial charge in [0.1, 0.15) is 5.69 Å². The summed E-state index contributed by atoms with van der Waals surface area (Å²) in [6, 6.07) is 0.0461. The van der Waals surface area contributed by atoms with Crippen LogP contribution in [-0.4, -0.2) is 59.0 Å². The number of carbonyl (C=O) groups excluding carboxylic acids is 2. The Morgan fingerprint density at radius 2 is 2.04 bits per heavy atom. The van der Waals surface area contributed by atoms with E-state index in [2.05, 4.69) is 15.3 Å². The standard InChI is InChI=1S/C19H30N4O4/c1-23(10-2-4-15-5-3-11-27-15)18(25)13-6-8-14(9-7-13)21-17(24)16-12-20-19(26)22-16/h12-15H,2-11H2,1H3,(H,21,24)(H2,20,22,26). The minimum Gasteiger partial charge on any atom is -0.378 e. The summed E-state index contributed by atoms with van der Waals surface area (Å²) in [5.74, 6) is -0.0330. The molecule has 150 valence electrons. The quantitative estimate of drug-likeness (QED) is 0.667. The number of ether oxygens (including phenoxy) is 1. The second kappa shape index (κ2) is 9.21. The second-order valence-electron chi connectivity index (χ2n) is 7.72. The molecule has 0 radical (unpaired) electrons. The summed E-state index contributed by atoms with van der Waals surface area (Å²) >= 11 is 0. The van der Waals surface area contributed by atoms with E-state index < -0.39 is 5.69 Å². The first-order valence-electron chi connectivity index (χ1n) is 9.98. The largest absolute Gasteiger partial charge is 0.378 e. The molecule has 1 saturated heterocycles. The number of rotatable bonds is 7. The predicted octanol–water partition coefficient (Wildman–Crippen LogP) is 1.41. The van der Waals surface area contributed by atoms with E-state index in [0.717, 1.165) is 64.5 Å². The highest BCUT2D eigenvalue weighted by Crippen LogP contribution is 2.26. The lowest BCUT2D eigenvalue weighted by Crippen LogP contribution is -2.41. The van der Waals surface area contributed by atoms with Crippen LogP contribution >= 0.6 is 0 Å². The first-order chi connectivity index (χ1) is 13.0. The van der Waals surface area contributed by atoms with Crippen molar-refractivity contribution >= 4 is 11.8 Å². The predicted molar refractivity (Wildman–Crippen MR) is 100 cm³/mol. The molecule has 1 saturated carbocycles. The van der Waals surface area contributed by atoms with Crippen molar-refractivity contribution in [1.82, 2.24) is 20.2 Å². The average molecular weight is 378 g/mol. The number of hydrogen-bond acceptors (Lipinski definition) is 4. The molecule has 0 spiro atoms. The van der Waals surface area contributed by atoms with Gasteiger partial charge in [0.2, 0.25) is 5.91 Å². The number of amides is 2. The fourth-order valence-electron chi connectivity index (χ4n) is 4.05. The number of aromatic amines is 2. The second-order valence-corrected chi connectivity index (χ2v) is 7.72. The molecule has 1 unspecified atom stereocenters. The van der Waals surface area contributed by atoms with E-state index >= 15 is 0 Å². The van der Waals surface area contributed by atoms with E-state index in [0.29, 0.717) is 6.10 Å². The molecule has 0 bridgehead atoms. The van der Waals surface area contributed by atoms with Gasteiger partial charge in [-0.25, -0.2) is 4.79 Å². The van der Waals surface area contributed by atoms with Crippen LogP contribution in [0.1, 0.15) is 61.9 Å². The van der Waals surface area contributed by atoms with Crippen molar-refractivity contribution in [2.75, 3.05) is 20.2 Å². The van der Waals surface area contributed by atoms with Gasteiger partial charge in [0, 0.05) is 38.4 Å². The van der Waals surface area contributed by atoms with Crippen LogP contribution in [0.25, 0.3) is 0 Å². The Balaban J connectivity index is 1.36. The van der Waals surface area contributed by atoms with Crippen molar-refractivity contribution in [3.63, 3.8) is 0 Å². The molecule has 3 N–H and O–H groups in total. The first kappa shape index (κ1) is 19.7. The summed E-state index contributed by atoms with van der Waals surface area (Å²) in [7, 11) is 1.88. The van der Waals surface area contributed by atoms with Gasteiger partial charge in [-0.3, -0.25) is 9.59 Å². The van der Waals surface area contributed by atoms with Crippen LogP contribution in [0.4, 0.5) is 0 Å². The Morgan fingerprint density at radius 3 is 2.67 bits per heavy atom. The Morgan fingerprint density at radius 1 is 1.26 bits per heavy atom. The highest BCUT2D eigenvalue weighted by molar-refractivity contribution is 5.92. The maximum absolute atomic E-state index is 12.6. The summed E-state index contributed by atoms with van der Waals surface area (Å²) in [6.45, 7) is 1.65. The third kappa shape index (κ3) is 5.45. The molecule has 1 aromatic heterocycles. The molecule has 2 fully saturated rings. The first-order valence-corrected chi connectivity index (χ1v) is 9.98. The summed E-state index contributed by atoms with van der Waals surface area (Å²) in [5.41, 5.74) is -0.152. The molecule has 27 heavy (non-hydrogen) atoms. The number of hydrogen-bond donors (Lipinski definition) is 3. The van der Waals surface area contributed by atoms with Crippen molar-refractivity contribution in [2.45, 2.75) is 63.5 Å². The zero-order chi connectivity index (χ0) is 19.2. The highest BCUT2D eigenvalue weighted by atomic mass is 16.5. The van der Waals surface area contributed by atoms with Gasteiger partial charge in [0.25, 0.3) is 5.91 Å². The Bertz CT molecular complexity index is 684. The van der Waals surface area contributed by atoms with E-state index in [1.54, 1.807) is 0 Å². The Labute approximate surface area is 159 Å².